The normalized spacial score (nSPS) is 14.3. The van der Waals surface area contributed by atoms with Crippen molar-refractivity contribution in [3.63, 3.8) is 0 Å². The average Bonchev–Trinajstić information content (AvgIpc) is 2.47. The number of anilines is 1. The molecule has 1 amide bonds. The number of amides is 1. The topological polar surface area (TPSA) is 98.3 Å². The second-order valence-electron chi connectivity index (χ2n) is 5.26. The van der Waals surface area contributed by atoms with Crippen LogP contribution in [0, 0.1) is 15.9 Å². The molecule has 0 heterocycles. The zero-order valence-electron chi connectivity index (χ0n) is 12.1. The van der Waals surface area contributed by atoms with Gasteiger partial charge in [0, 0.05) is 24.4 Å². The highest BCUT2D eigenvalue weighted by Gasteiger charge is 2.20. The van der Waals surface area contributed by atoms with Crippen LogP contribution in [0.15, 0.2) is 23.8 Å². The molecule has 6 nitrogen and oxygen atoms in total. The summed E-state index contributed by atoms with van der Waals surface area (Å²) in [6.45, 7) is 0.426. The van der Waals surface area contributed by atoms with Gasteiger partial charge in [0.15, 0.2) is 0 Å². The third-order valence-electron chi connectivity index (χ3n) is 3.68. The Morgan fingerprint density at radius 1 is 1.41 bits per heavy atom. The van der Waals surface area contributed by atoms with E-state index in [9.17, 15) is 19.3 Å². The molecule has 22 heavy (non-hydrogen) atoms. The molecular formula is C15H18FN3O3. The molecule has 3 N–H and O–H groups in total. The fourth-order valence-electron chi connectivity index (χ4n) is 2.48. The first-order valence-electron chi connectivity index (χ1n) is 7.18. The van der Waals surface area contributed by atoms with Gasteiger partial charge < -0.3 is 11.1 Å². The first kappa shape index (κ1) is 15.9. The van der Waals surface area contributed by atoms with E-state index in [4.69, 9.17) is 5.73 Å². The number of carbonyl (C=O) groups is 1. The number of halogens is 1. The van der Waals surface area contributed by atoms with E-state index in [0.717, 1.165) is 37.8 Å². The lowest BCUT2D eigenvalue weighted by Crippen LogP contribution is -2.26. The van der Waals surface area contributed by atoms with Crippen LogP contribution >= 0.6 is 0 Å². The molecule has 0 saturated carbocycles. The summed E-state index contributed by atoms with van der Waals surface area (Å²) in [6.07, 6.45) is 7.41. The minimum Gasteiger partial charge on any atom is -0.398 e. The number of allylic oxidation sites excluding steroid dienone is 1. The predicted octanol–water partition coefficient (Wildman–Crippen LogP) is 2.94. The maximum Gasteiger partial charge on any atom is 0.305 e. The summed E-state index contributed by atoms with van der Waals surface area (Å²) in [6, 6.07) is 1.68. The first-order chi connectivity index (χ1) is 10.5. The monoisotopic (exact) mass is 307 g/mol. The Hall–Kier alpha value is -2.44. The van der Waals surface area contributed by atoms with Gasteiger partial charge in [-0.2, -0.15) is 4.39 Å². The number of benzene rings is 1. The molecule has 0 aromatic heterocycles. The summed E-state index contributed by atoms with van der Waals surface area (Å²) in [5.41, 5.74) is 5.93. The minimum absolute atomic E-state index is 0.0780. The van der Waals surface area contributed by atoms with Crippen molar-refractivity contribution in [1.82, 2.24) is 5.32 Å². The Morgan fingerprint density at radius 3 is 2.82 bits per heavy atom. The highest BCUT2D eigenvalue weighted by molar-refractivity contribution is 5.99. The molecule has 2 rings (SSSR count). The zero-order chi connectivity index (χ0) is 16.1. The van der Waals surface area contributed by atoms with Gasteiger partial charge in [-0.25, -0.2) is 0 Å². The molecule has 0 unspecified atom stereocenters. The van der Waals surface area contributed by atoms with E-state index in [1.54, 1.807) is 0 Å². The SMILES string of the molecule is Nc1cc(F)c([N+](=O)[O-])cc1C(=O)NCCC1=CCCCC1. The van der Waals surface area contributed by atoms with Crippen LogP contribution in [0.1, 0.15) is 42.5 Å². The number of carbonyl (C=O) groups excluding carboxylic acids is 1. The number of nitro benzene ring substituents is 1. The third-order valence-corrected chi connectivity index (χ3v) is 3.68. The Morgan fingerprint density at radius 2 is 2.18 bits per heavy atom. The first-order valence-corrected chi connectivity index (χ1v) is 7.18. The number of nitrogens with one attached hydrogen (secondary N) is 1. The van der Waals surface area contributed by atoms with Crippen molar-refractivity contribution in [2.75, 3.05) is 12.3 Å². The van der Waals surface area contributed by atoms with E-state index in [2.05, 4.69) is 11.4 Å². The Labute approximate surface area is 127 Å². The molecule has 118 valence electrons. The van der Waals surface area contributed by atoms with Crippen molar-refractivity contribution < 1.29 is 14.1 Å². The van der Waals surface area contributed by atoms with Gasteiger partial charge in [-0.1, -0.05) is 11.6 Å². The smallest absolute Gasteiger partial charge is 0.305 e. The lowest BCUT2D eigenvalue weighted by molar-refractivity contribution is -0.387. The van der Waals surface area contributed by atoms with Crippen molar-refractivity contribution in [3.05, 3.63) is 45.3 Å². The summed E-state index contributed by atoms with van der Waals surface area (Å²) in [5.74, 6) is -1.58. The number of nitrogen functional groups attached to an aromatic ring is 1. The highest BCUT2D eigenvalue weighted by Crippen LogP contribution is 2.24. The van der Waals surface area contributed by atoms with Gasteiger partial charge in [0.2, 0.25) is 5.82 Å². The number of nitro groups is 1. The molecule has 0 bridgehead atoms. The Bertz CT molecular complexity index is 629. The summed E-state index contributed by atoms with van der Waals surface area (Å²) in [5, 5.41) is 13.4. The maximum absolute atomic E-state index is 13.4. The van der Waals surface area contributed by atoms with Crippen LogP contribution in [-0.4, -0.2) is 17.4 Å². The van der Waals surface area contributed by atoms with Gasteiger partial charge >= 0.3 is 5.69 Å². The molecule has 1 aliphatic carbocycles. The minimum atomic E-state index is -1.05. The van der Waals surface area contributed by atoms with Gasteiger partial charge in [-0.3, -0.25) is 14.9 Å². The molecular weight excluding hydrogens is 289 g/mol. The number of rotatable bonds is 5. The molecule has 0 fully saturated rings. The number of nitrogens with two attached hydrogens (primary N) is 1. The van der Waals surface area contributed by atoms with Gasteiger partial charge in [0.05, 0.1) is 10.5 Å². The van der Waals surface area contributed by atoms with Crippen LogP contribution < -0.4 is 11.1 Å². The molecule has 0 aliphatic heterocycles. The quantitative estimate of drug-likeness (QED) is 0.378. The molecule has 0 saturated heterocycles. The fourth-order valence-corrected chi connectivity index (χ4v) is 2.48. The Kier molecular flexibility index (Phi) is 5.08. The summed E-state index contributed by atoms with van der Waals surface area (Å²) < 4.78 is 13.4. The lowest BCUT2D eigenvalue weighted by atomic mass is 9.97. The zero-order valence-corrected chi connectivity index (χ0v) is 12.1. The van der Waals surface area contributed by atoms with Crippen LogP contribution in [0.2, 0.25) is 0 Å². The van der Waals surface area contributed by atoms with Crippen molar-refractivity contribution >= 4 is 17.3 Å². The predicted molar refractivity (Wildman–Crippen MR) is 81.0 cm³/mol. The van der Waals surface area contributed by atoms with Gasteiger partial charge in [0.25, 0.3) is 5.91 Å². The van der Waals surface area contributed by atoms with Crippen molar-refractivity contribution in [2.24, 2.45) is 0 Å². The molecule has 7 heteroatoms. The van der Waals surface area contributed by atoms with Crippen molar-refractivity contribution in [1.29, 1.82) is 0 Å². The van der Waals surface area contributed by atoms with Gasteiger partial charge in [-0.05, 0) is 32.1 Å². The van der Waals surface area contributed by atoms with E-state index in [0.29, 0.717) is 6.54 Å². The van der Waals surface area contributed by atoms with Crippen LogP contribution in [0.3, 0.4) is 0 Å². The van der Waals surface area contributed by atoms with Crippen LogP contribution in [-0.2, 0) is 0 Å². The molecule has 1 aromatic rings. The van der Waals surface area contributed by atoms with Crippen molar-refractivity contribution in [2.45, 2.75) is 32.1 Å². The molecule has 0 radical (unpaired) electrons. The highest BCUT2D eigenvalue weighted by atomic mass is 19.1. The second kappa shape index (κ2) is 7.02. The van der Waals surface area contributed by atoms with Crippen LogP contribution in [0.4, 0.5) is 15.8 Å². The second-order valence-corrected chi connectivity index (χ2v) is 5.26. The van der Waals surface area contributed by atoms with Gasteiger partial charge in [-0.15, -0.1) is 0 Å². The van der Waals surface area contributed by atoms with E-state index in [-0.39, 0.29) is 11.3 Å². The fraction of sp³-hybridized carbons (Fsp3) is 0.400. The van der Waals surface area contributed by atoms with Crippen molar-refractivity contribution in [3.8, 4) is 0 Å². The van der Waals surface area contributed by atoms with E-state index in [1.165, 1.54) is 12.0 Å². The maximum atomic E-state index is 13.4. The molecule has 0 atom stereocenters. The lowest BCUT2D eigenvalue weighted by Gasteiger charge is -2.13. The largest absolute Gasteiger partial charge is 0.398 e. The average molecular weight is 307 g/mol. The standard InChI is InChI=1S/C15H18FN3O3/c16-12-9-13(17)11(8-14(12)19(21)22)15(20)18-7-6-10-4-2-1-3-5-10/h4,8-9H,1-3,5-7,17H2,(H,18,20). The van der Waals surface area contributed by atoms with E-state index >= 15 is 0 Å². The summed E-state index contributed by atoms with van der Waals surface area (Å²) in [4.78, 5) is 21.9. The van der Waals surface area contributed by atoms with E-state index < -0.39 is 22.3 Å². The number of hydrogen-bond acceptors (Lipinski definition) is 4. The molecule has 1 aromatic carbocycles. The summed E-state index contributed by atoms with van der Waals surface area (Å²) in [7, 11) is 0. The number of hydrogen-bond donors (Lipinski definition) is 2. The van der Waals surface area contributed by atoms with E-state index in [1.807, 2.05) is 0 Å². The van der Waals surface area contributed by atoms with Crippen LogP contribution in [0.5, 0.6) is 0 Å². The van der Waals surface area contributed by atoms with Crippen LogP contribution in [0.25, 0.3) is 0 Å². The summed E-state index contributed by atoms with van der Waals surface area (Å²) >= 11 is 0. The molecule has 1 aliphatic rings. The molecule has 0 spiro atoms. The third kappa shape index (κ3) is 3.81. The number of nitrogens with zero attached hydrogens (tertiary/aromatic N) is 1. The van der Waals surface area contributed by atoms with Gasteiger partial charge in [0.1, 0.15) is 0 Å². The Balaban J connectivity index is 2.01.